The highest BCUT2D eigenvalue weighted by atomic mass is 16.1. The van der Waals surface area contributed by atoms with Gasteiger partial charge in [0.1, 0.15) is 0 Å². The quantitative estimate of drug-likeness (QED) is 0.806. The van der Waals surface area contributed by atoms with Crippen molar-refractivity contribution >= 4 is 5.78 Å². The monoisotopic (exact) mass is 249 g/mol. The smallest absolute Gasteiger partial charge is 0.192 e. The van der Waals surface area contributed by atoms with Crippen LogP contribution in [-0.2, 0) is 0 Å². The molecule has 18 heavy (non-hydrogen) atoms. The molecule has 0 aromatic carbocycles. The molecule has 100 valence electrons. The lowest BCUT2D eigenvalue weighted by molar-refractivity contribution is 0.0854. The fourth-order valence-electron chi connectivity index (χ4n) is 2.62. The minimum Gasteiger partial charge on any atom is -0.359 e. The van der Waals surface area contributed by atoms with Gasteiger partial charge in [-0.05, 0) is 51.7 Å². The second-order valence-corrected chi connectivity index (χ2v) is 5.09. The lowest BCUT2D eigenvalue weighted by Gasteiger charge is -2.35. The number of Topliss-reactive ketones (excluding diaryl/α,β-unsaturated/α-hetero) is 1. The topological polar surface area (TPSA) is 39.3 Å². The summed E-state index contributed by atoms with van der Waals surface area (Å²) >= 11 is 0. The first kappa shape index (κ1) is 13.3. The summed E-state index contributed by atoms with van der Waals surface area (Å²) in [6.45, 7) is 6.17. The molecular formula is C14H23N3O. The number of hydrogen-bond acceptors (Lipinski definition) is 3. The third kappa shape index (κ3) is 3.21. The molecule has 2 heterocycles. The van der Waals surface area contributed by atoms with Crippen LogP contribution >= 0.6 is 0 Å². The number of carbonyl (C=O) groups is 1. The van der Waals surface area contributed by atoms with E-state index in [4.69, 9.17) is 0 Å². The third-order valence-electron chi connectivity index (χ3n) is 3.92. The number of likely N-dealkylation sites (tertiary alicyclic amines) is 1. The van der Waals surface area contributed by atoms with Crippen LogP contribution in [0.3, 0.4) is 0 Å². The number of likely N-dealkylation sites (N-methyl/N-ethyl adjacent to an activating group) is 1. The molecule has 0 bridgehead atoms. The van der Waals surface area contributed by atoms with Crippen molar-refractivity contribution in [2.45, 2.75) is 25.8 Å². The van der Waals surface area contributed by atoms with Crippen LogP contribution in [-0.4, -0.2) is 59.8 Å². The lowest BCUT2D eigenvalue weighted by Crippen LogP contribution is -2.44. The molecule has 4 nitrogen and oxygen atoms in total. The van der Waals surface area contributed by atoms with Crippen molar-refractivity contribution in [3.05, 3.63) is 24.0 Å². The Kier molecular flexibility index (Phi) is 4.55. The molecule has 4 heteroatoms. The summed E-state index contributed by atoms with van der Waals surface area (Å²) in [7, 11) is 2.06. The highest BCUT2D eigenvalue weighted by Crippen LogP contribution is 2.15. The first-order valence-corrected chi connectivity index (χ1v) is 6.80. The summed E-state index contributed by atoms with van der Waals surface area (Å²) in [5.74, 6) is 0.181. The molecule has 0 atom stereocenters. The summed E-state index contributed by atoms with van der Waals surface area (Å²) in [5, 5.41) is 0. The molecule has 0 unspecified atom stereocenters. The fraction of sp³-hybridized carbons (Fsp3) is 0.643. The van der Waals surface area contributed by atoms with Gasteiger partial charge in [-0.15, -0.1) is 0 Å². The maximum Gasteiger partial charge on any atom is 0.192 e. The Morgan fingerprint density at radius 1 is 1.50 bits per heavy atom. The van der Waals surface area contributed by atoms with E-state index in [9.17, 15) is 4.79 Å². The first-order valence-electron chi connectivity index (χ1n) is 6.80. The van der Waals surface area contributed by atoms with Crippen molar-refractivity contribution < 1.29 is 4.79 Å². The van der Waals surface area contributed by atoms with Crippen LogP contribution in [0.15, 0.2) is 18.3 Å². The molecule has 0 amide bonds. The van der Waals surface area contributed by atoms with E-state index >= 15 is 0 Å². The van der Waals surface area contributed by atoms with Crippen molar-refractivity contribution in [1.29, 1.82) is 0 Å². The molecule has 1 N–H and O–H groups in total. The second-order valence-electron chi connectivity index (χ2n) is 5.09. The summed E-state index contributed by atoms with van der Waals surface area (Å²) in [5.41, 5.74) is 0.716. The van der Waals surface area contributed by atoms with Crippen LogP contribution in [0.5, 0.6) is 0 Å². The third-order valence-corrected chi connectivity index (χ3v) is 3.92. The van der Waals surface area contributed by atoms with Gasteiger partial charge >= 0.3 is 0 Å². The summed E-state index contributed by atoms with van der Waals surface area (Å²) in [6, 6.07) is 4.26. The predicted octanol–water partition coefficient (Wildman–Crippen LogP) is 1.61. The Morgan fingerprint density at radius 3 is 2.78 bits per heavy atom. The van der Waals surface area contributed by atoms with Gasteiger partial charge in [0, 0.05) is 12.2 Å². The SMILES string of the molecule is CCN1CCC(N(C)CC(=O)c2ccc[nH]2)CC1. The molecular weight excluding hydrogens is 226 g/mol. The molecule has 1 aromatic heterocycles. The van der Waals surface area contributed by atoms with Gasteiger partial charge in [-0.25, -0.2) is 0 Å². The molecule has 0 radical (unpaired) electrons. The Balaban J connectivity index is 1.82. The van der Waals surface area contributed by atoms with Crippen molar-refractivity contribution in [2.24, 2.45) is 0 Å². The fourth-order valence-corrected chi connectivity index (χ4v) is 2.62. The number of H-pyrrole nitrogens is 1. The average Bonchev–Trinajstić information content (AvgIpc) is 2.92. The van der Waals surface area contributed by atoms with E-state index in [2.05, 4.69) is 28.8 Å². The van der Waals surface area contributed by atoms with Gasteiger partial charge in [0.15, 0.2) is 5.78 Å². The zero-order valence-electron chi connectivity index (χ0n) is 11.4. The van der Waals surface area contributed by atoms with E-state index in [1.165, 1.54) is 12.8 Å². The zero-order valence-corrected chi connectivity index (χ0v) is 11.4. The highest BCUT2D eigenvalue weighted by molar-refractivity contribution is 5.95. The number of nitrogens with one attached hydrogen (secondary N) is 1. The molecule has 0 aliphatic carbocycles. The van der Waals surface area contributed by atoms with Crippen LogP contribution in [0.25, 0.3) is 0 Å². The zero-order chi connectivity index (χ0) is 13.0. The average molecular weight is 249 g/mol. The van der Waals surface area contributed by atoms with Gasteiger partial charge in [-0.3, -0.25) is 9.69 Å². The van der Waals surface area contributed by atoms with Crippen molar-refractivity contribution in [1.82, 2.24) is 14.8 Å². The first-order chi connectivity index (χ1) is 8.70. The largest absolute Gasteiger partial charge is 0.359 e. The van der Waals surface area contributed by atoms with Gasteiger partial charge in [-0.2, -0.15) is 0 Å². The molecule has 2 rings (SSSR count). The second kappa shape index (κ2) is 6.16. The number of piperidine rings is 1. The molecule has 1 aliphatic heterocycles. The number of hydrogen-bond donors (Lipinski definition) is 1. The van der Waals surface area contributed by atoms with Crippen LogP contribution in [0.4, 0.5) is 0 Å². The maximum atomic E-state index is 12.0. The summed E-state index contributed by atoms with van der Waals surface area (Å²) < 4.78 is 0. The van der Waals surface area contributed by atoms with Crippen molar-refractivity contribution in [3.63, 3.8) is 0 Å². The van der Waals surface area contributed by atoms with Crippen molar-refractivity contribution in [3.8, 4) is 0 Å². The molecule has 1 fully saturated rings. The summed E-state index contributed by atoms with van der Waals surface area (Å²) in [6.07, 6.45) is 4.14. The minimum absolute atomic E-state index is 0.181. The van der Waals surface area contributed by atoms with E-state index in [0.717, 1.165) is 19.6 Å². The number of nitrogens with zero attached hydrogens (tertiary/aromatic N) is 2. The number of aromatic nitrogens is 1. The lowest BCUT2D eigenvalue weighted by atomic mass is 10.0. The van der Waals surface area contributed by atoms with E-state index in [0.29, 0.717) is 18.3 Å². The normalized spacial score (nSPS) is 18.4. The number of carbonyl (C=O) groups excluding carboxylic acids is 1. The maximum absolute atomic E-state index is 12.0. The Morgan fingerprint density at radius 2 is 2.22 bits per heavy atom. The Hall–Kier alpha value is -1.13. The summed E-state index contributed by atoms with van der Waals surface area (Å²) in [4.78, 5) is 19.6. The van der Waals surface area contributed by atoms with E-state index in [-0.39, 0.29) is 5.78 Å². The highest BCUT2D eigenvalue weighted by Gasteiger charge is 2.23. The van der Waals surface area contributed by atoms with Crippen LogP contribution in [0.1, 0.15) is 30.3 Å². The van der Waals surface area contributed by atoms with E-state index < -0.39 is 0 Å². The number of aromatic amines is 1. The standard InChI is InChI=1S/C14H23N3O/c1-3-17-9-6-12(7-10-17)16(2)11-14(18)13-5-4-8-15-13/h4-5,8,12,15H,3,6-7,9-11H2,1-2H3. The van der Waals surface area contributed by atoms with Gasteiger partial charge < -0.3 is 9.88 Å². The minimum atomic E-state index is 0.181. The Labute approximate surface area is 109 Å². The van der Waals surface area contributed by atoms with Crippen molar-refractivity contribution in [2.75, 3.05) is 33.2 Å². The van der Waals surface area contributed by atoms with Crippen LogP contribution < -0.4 is 0 Å². The van der Waals surface area contributed by atoms with E-state index in [1.54, 1.807) is 6.20 Å². The van der Waals surface area contributed by atoms with E-state index in [1.807, 2.05) is 12.1 Å². The molecule has 0 saturated carbocycles. The van der Waals surface area contributed by atoms with Gasteiger partial charge in [-0.1, -0.05) is 6.92 Å². The molecule has 1 aromatic rings. The van der Waals surface area contributed by atoms with Gasteiger partial charge in [0.2, 0.25) is 0 Å². The molecule has 1 saturated heterocycles. The number of ketones is 1. The van der Waals surface area contributed by atoms with Gasteiger partial charge in [0.05, 0.1) is 12.2 Å². The molecule has 1 aliphatic rings. The van der Waals surface area contributed by atoms with Crippen LogP contribution in [0, 0.1) is 0 Å². The van der Waals surface area contributed by atoms with Gasteiger partial charge in [0.25, 0.3) is 0 Å². The molecule has 0 spiro atoms. The predicted molar refractivity (Wildman–Crippen MR) is 72.9 cm³/mol. The number of rotatable bonds is 5. The Bertz CT molecular complexity index is 366. The van der Waals surface area contributed by atoms with Crippen LogP contribution in [0.2, 0.25) is 0 Å².